The van der Waals surface area contributed by atoms with Crippen LogP contribution in [0.15, 0.2) is 12.1 Å². The van der Waals surface area contributed by atoms with Crippen molar-refractivity contribution >= 4 is 45.7 Å². The molecule has 7 nitrogen and oxygen atoms in total. The summed E-state index contributed by atoms with van der Waals surface area (Å²) >= 11 is 2.19. The maximum Gasteiger partial charge on any atom is 0.316 e. The zero-order chi connectivity index (χ0) is 19.4. The Morgan fingerprint density at radius 1 is 1.27 bits per heavy atom. The normalized spacial score (nSPS) is 17.0. The van der Waals surface area contributed by atoms with Crippen molar-refractivity contribution in [1.29, 1.82) is 0 Å². The summed E-state index contributed by atoms with van der Waals surface area (Å²) in [6.07, 6.45) is 0. The summed E-state index contributed by atoms with van der Waals surface area (Å²) < 4.78 is 0.923. The highest BCUT2D eigenvalue weighted by molar-refractivity contribution is 14.1. The van der Waals surface area contributed by atoms with Crippen molar-refractivity contribution in [3.8, 4) is 0 Å². The maximum absolute atomic E-state index is 12.7. The van der Waals surface area contributed by atoms with E-state index in [9.17, 15) is 14.7 Å². The number of carbonyl (C=O) groups is 2. The fourth-order valence-corrected chi connectivity index (χ4v) is 3.54. The number of likely N-dealkylation sites (N-methyl/N-ethyl adjacent to an activating group) is 2. The van der Waals surface area contributed by atoms with Gasteiger partial charge >= 0.3 is 5.97 Å². The Morgan fingerprint density at radius 3 is 2.50 bits per heavy atom. The molecule has 1 aliphatic rings. The van der Waals surface area contributed by atoms with Gasteiger partial charge in [0.1, 0.15) is 5.92 Å². The molecule has 0 bridgehead atoms. The van der Waals surface area contributed by atoms with Gasteiger partial charge < -0.3 is 25.1 Å². The fourth-order valence-electron chi connectivity index (χ4n) is 2.88. The van der Waals surface area contributed by atoms with Crippen molar-refractivity contribution in [3.05, 3.63) is 21.3 Å². The molecule has 0 radical (unpaired) electrons. The summed E-state index contributed by atoms with van der Waals surface area (Å²) in [5.74, 6) is -2.36. The fraction of sp³-hybridized carbons (Fsp3) is 0.556. The van der Waals surface area contributed by atoms with Gasteiger partial charge in [-0.25, -0.2) is 0 Å². The largest absolute Gasteiger partial charge is 0.481 e. The number of benzene rings is 1. The highest BCUT2D eigenvalue weighted by Gasteiger charge is 2.37. The molecule has 1 aromatic carbocycles. The Bertz CT molecular complexity index is 679. The Kier molecular flexibility index (Phi) is 7.24. The second kappa shape index (κ2) is 9.01. The first-order chi connectivity index (χ1) is 12.2. The number of ketones is 1. The number of hydrogen-bond donors (Lipinski definition) is 2. The van der Waals surface area contributed by atoms with Gasteiger partial charge in [-0.05, 0) is 62.9 Å². The van der Waals surface area contributed by atoms with Crippen LogP contribution in [-0.2, 0) is 4.79 Å². The molecule has 0 fully saturated rings. The van der Waals surface area contributed by atoms with Gasteiger partial charge in [0.15, 0.2) is 5.78 Å². The topological polar surface area (TPSA) is 76.1 Å². The number of carboxylic acid groups (broad SMARTS) is 1. The minimum absolute atomic E-state index is 0.215. The number of carbonyl (C=O) groups excluding carboxylic acids is 1. The molecule has 0 saturated carbocycles. The van der Waals surface area contributed by atoms with E-state index in [2.05, 4.69) is 37.7 Å². The lowest BCUT2D eigenvalue weighted by Crippen LogP contribution is -2.45. The monoisotopic (exact) mass is 474 g/mol. The Labute approximate surface area is 168 Å². The Balaban J connectivity index is 2.34. The molecular formula is C18H27IN4O3. The average Bonchev–Trinajstić information content (AvgIpc) is 2.54. The molecule has 1 aliphatic heterocycles. The number of aliphatic carboxylic acids is 1. The first-order valence-corrected chi connectivity index (χ1v) is 9.67. The van der Waals surface area contributed by atoms with Crippen LogP contribution in [0, 0.1) is 9.49 Å². The maximum atomic E-state index is 12.7. The lowest BCUT2D eigenvalue weighted by molar-refractivity contribution is -0.139. The van der Waals surface area contributed by atoms with Crippen LogP contribution in [0.3, 0.4) is 0 Å². The molecule has 8 heteroatoms. The van der Waals surface area contributed by atoms with Crippen molar-refractivity contribution in [2.75, 3.05) is 71.1 Å². The summed E-state index contributed by atoms with van der Waals surface area (Å²) in [7, 11) is 8.00. The van der Waals surface area contributed by atoms with Gasteiger partial charge in [-0.1, -0.05) is 0 Å². The smallest absolute Gasteiger partial charge is 0.316 e. The molecule has 0 spiro atoms. The summed E-state index contributed by atoms with van der Waals surface area (Å²) in [6, 6.07) is 3.80. The molecule has 1 heterocycles. The number of rotatable bonds is 8. The van der Waals surface area contributed by atoms with E-state index in [-0.39, 0.29) is 12.3 Å². The molecule has 2 rings (SSSR count). The average molecular weight is 474 g/mol. The molecule has 1 atom stereocenters. The van der Waals surface area contributed by atoms with Crippen LogP contribution in [0.2, 0.25) is 0 Å². The van der Waals surface area contributed by atoms with Crippen molar-refractivity contribution in [1.82, 2.24) is 9.80 Å². The molecule has 0 aromatic heterocycles. The van der Waals surface area contributed by atoms with Crippen LogP contribution in [0.5, 0.6) is 0 Å². The lowest BCUT2D eigenvalue weighted by Gasteiger charge is -2.35. The minimum Gasteiger partial charge on any atom is -0.481 e. The third-order valence-corrected chi connectivity index (χ3v) is 5.29. The zero-order valence-electron chi connectivity index (χ0n) is 15.8. The predicted molar refractivity (Wildman–Crippen MR) is 112 cm³/mol. The van der Waals surface area contributed by atoms with Crippen molar-refractivity contribution in [2.24, 2.45) is 5.92 Å². The van der Waals surface area contributed by atoms with Crippen LogP contribution >= 0.6 is 22.6 Å². The molecule has 144 valence electrons. The number of nitrogens with one attached hydrogen (secondary N) is 1. The van der Waals surface area contributed by atoms with E-state index in [1.807, 2.05) is 45.2 Å². The van der Waals surface area contributed by atoms with Crippen LogP contribution in [0.1, 0.15) is 10.4 Å². The van der Waals surface area contributed by atoms with Crippen molar-refractivity contribution in [2.45, 2.75) is 0 Å². The summed E-state index contributed by atoms with van der Waals surface area (Å²) in [5.41, 5.74) is 2.30. The van der Waals surface area contributed by atoms with Crippen molar-refractivity contribution in [3.63, 3.8) is 0 Å². The number of hydrogen-bond acceptors (Lipinski definition) is 6. The number of fused-ring (bicyclic) bond motifs is 1. The number of carboxylic acids is 1. The number of nitrogens with zero attached hydrogens (tertiary/aromatic N) is 3. The Morgan fingerprint density at radius 2 is 1.92 bits per heavy atom. The standard InChI is InChI=1S/C18H27IN4O3/c1-21(2)6-5-20-15-10-16-12(9-14(15)19)17(24)13(18(25)26)11-23(16)8-7-22(3)4/h9-10,13,20H,5-8,11H2,1-4H3,(H,25,26). The molecule has 0 aliphatic carbocycles. The van der Waals surface area contributed by atoms with Gasteiger partial charge in [-0.15, -0.1) is 0 Å². The predicted octanol–water partition coefficient (Wildman–Crippen LogP) is 1.53. The molecule has 0 saturated heterocycles. The van der Waals surface area contributed by atoms with Gasteiger partial charge in [0.05, 0.1) is 0 Å². The molecular weight excluding hydrogens is 447 g/mol. The molecule has 2 N–H and O–H groups in total. The summed E-state index contributed by atoms with van der Waals surface area (Å²) in [5, 5.41) is 12.9. The number of Topliss-reactive ketones (excluding diaryl/α,β-unsaturated/α-hetero) is 1. The SMILES string of the molecule is CN(C)CCNc1cc2c(cc1I)C(=O)C(C(=O)O)CN2CCN(C)C. The van der Waals surface area contributed by atoms with E-state index in [1.165, 1.54) is 0 Å². The second-order valence-electron chi connectivity index (χ2n) is 7.08. The minimum atomic E-state index is -1.06. The lowest BCUT2D eigenvalue weighted by atomic mass is 9.90. The van der Waals surface area contributed by atoms with Crippen LogP contribution in [-0.4, -0.2) is 87.6 Å². The number of halogens is 1. The van der Waals surface area contributed by atoms with E-state index in [0.29, 0.717) is 12.1 Å². The van der Waals surface area contributed by atoms with Gasteiger partial charge in [-0.2, -0.15) is 0 Å². The Hall–Kier alpha value is -1.39. The molecule has 1 aromatic rings. The number of anilines is 2. The van der Waals surface area contributed by atoms with Gasteiger partial charge in [0.2, 0.25) is 0 Å². The van der Waals surface area contributed by atoms with Gasteiger partial charge in [0, 0.05) is 53.2 Å². The molecule has 26 heavy (non-hydrogen) atoms. The van der Waals surface area contributed by atoms with E-state index in [4.69, 9.17) is 0 Å². The van der Waals surface area contributed by atoms with Crippen LogP contribution < -0.4 is 10.2 Å². The van der Waals surface area contributed by atoms with E-state index in [0.717, 1.165) is 34.6 Å². The highest BCUT2D eigenvalue weighted by atomic mass is 127. The van der Waals surface area contributed by atoms with Crippen LogP contribution in [0.4, 0.5) is 11.4 Å². The zero-order valence-corrected chi connectivity index (χ0v) is 17.9. The van der Waals surface area contributed by atoms with Crippen LogP contribution in [0.25, 0.3) is 0 Å². The van der Waals surface area contributed by atoms with Gasteiger partial charge in [-0.3, -0.25) is 9.59 Å². The first kappa shape index (κ1) is 20.9. The van der Waals surface area contributed by atoms with Gasteiger partial charge in [0.25, 0.3) is 0 Å². The van der Waals surface area contributed by atoms with E-state index in [1.54, 1.807) is 0 Å². The van der Waals surface area contributed by atoms with E-state index >= 15 is 0 Å². The highest BCUT2D eigenvalue weighted by Crippen LogP contribution is 2.35. The third-order valence-electron chi connectivity index (χ3n) is 4.40. The molecule has 0 amide bonds. The second-order valence-corrected chi connectivity index (χ2v) is 8.25. The van der Waals surface area contributed by atoms with Crippen molar-refractivity contribution < 1.29 is 14.7 Å². The summed E-state index contributed by atoms with van der Waals surface area (Å²) in [6.45, 7) is 3.37. The quantitative estimate of drug-likeness (QED) is 0.437. The molecule has 1 unspecified atom stereocenters. The third kappa shape index (κ3) is 5.08. The first-order valence-electron chi connectivity index (χ1n) is 8.59. The van der Waals surface area contributed by atoms with E-state index < -0.39 is 11.9 Å². The summed E-state index contributed by atoms with van der Waals surface area (Å²) in [4.78, 5) is 30.4.